The fraction of sp³-hybridized carbons (Fsp3) is 0.0909. The van der Waals surface area contributed by atoms with Gasteiger partial charge >= 0.3 is 0 Å². The number of amidine groups is 1. The zero-order valence-electron chi connectivity index (χ0n) is 15.8. The Balaban J connectivity index is 1.65. The van der Waals surface area contributed by atoms with Crippen LogP contribution in [0.4, 0.5) is 13.2 Å². The fourth-order valence-corrected chi connectivity index (χ4v) is 3.12. The number of nitrogens with two attached hydrogens (primary N) is 1. The summed E-state index contributed by atoms with van der Waals surface area (Å²) >= 11 is 1.33. The second-order valence-corrected chi connectivity index (χ2v) is 7.20. The molecule has 0 saturated heterocycles. The molecule has 2 N–H and O–H groups in total. The predicted octanol–water partition coefficient (Wildman–Crippen LogP) is 5.26. The van der Waals surface area contributed by atoms with Gasteiger partial charge in [-0.05, 0) is 35.4 Å². The van der Waals surface area contributed by atoms with Gasteiger partial charge in [0.25, 0.3) is 0 Å². The van der Waals surface area contributed by atoms with Gasteiger partial charge in [0, 0.05) is 23.4 Å². The van der Waals surface area contributed by atoms with Crippen LogP contribution < -0.4 is 10.5 Å². The lowest BCUT2D eigenvalue weighted by molar-refractivity contribution is 0.302. The Labute approximate surface area is 176 Å². The lowest BCUT2D eigenvalue weighted by Crippen LogP contribution is -2.06. The van der Waals surface area contributed by atoms with Crippen molar-refractivity contribution in [3.8, 4) is 5.75 Å². The highest BCUT2D eigenvalue weighted by Gasteiger charge is 2.07. The summed E-state index contributed by atoms with van der Waals surface area (Å²) in [7, 11) is 0. The number of hydrogen-bond donors (Lipinski definition) is 1. The van der Waals surface area contributed by atoms with Gasteiger partial charge < -0.3 is 10.5 Å². The Kier molecular flexibility index (Phi) is 7.51. The Morgan fingerprint density at radius 3 is 2.37 bits per heavy atom. The first-order valence-electron chi connectivity index (χ1n) is 8.90. The van der Waals surface area contributed by atoms with E-state index in [2.05, 4.69) is 10.2 Å². The van der Waals surface area contributed by atoms with E-state index in [0.29, 0.717) is 11.3 Å². The average Bonchev–Trinajstić information content (AvgIpc) is 2.72. The van der Waals surface area contributed by atoms with Gasteiger partial charge in [-0.3, -0.25) is 0 Å². The third kappa shape index (κ3) is 6.66. The molecule has 0 atom stereocenters. The molecule has 8 heteroatoms. The summed E-state index contributed by atoms with van der Waals surface area (Å²) in [5.74, 6) is -1.14. The summed E-state index contributed by atoms with van der Waals surface area (Å²) < 4.78 is 45.8. The minimum atomic E-state index is -0.715. The van der Waals surface area contributed by atoms with Gasteiger partial charge in [-0.1, -0.05) is 42.1 Å². The van der Waals surface area contributed by atoms with Crippen LogP contribution in [-0.4, -0.2) is 11.4 Å². The Morgan fingerprint density at radius 2 is 1.63 bits per heavy atom. The van der Waals surface area contributed by atoms with E-state index in [4.69, 9.17) is 10.5 Å². The number of thioether (sulfide) groups is 1. The Morgan fingerprint density at radius 1 is 0.900 bits per heavy atom. The summed E-state index contributed by atoms with van der Waals surface area (Å²) in [4.78, 5) is 0. The van der Waals surface area contributed by atoms with E-state index in [1.807, 2.05) is 30.3 Å². The second-order valence-electron chi connectivity index (χ2n) is 6.21. The molecule has 0 aliphatic carbocycles. The zero-order valence-corrected chi connectivity index (χ0v) is 16.6. The largest absolute Gasteiger partial charge is 0.488 e. The van der Waals surface area contributed by atoms with Crippen molar-refractivity contribution in [2.45, 2.75) is 12.4 Å². The minimum absolute atomic E-state index is 0.142. The van der Waals surface area contributed by atoms with Crippen molar-refractivity contribution in [3.63, 3.8) is 0 Å². The normalized spacial score (nSPS) is 11.8. The first-order chi connectivity index (χ1) is 14.5. The van der Waals surface area contributed by atoms with E-state index in [-0.39, 0.29) is 23.1 Å². The Bertz CT molecular complexity index is 1040. The van der Waals surface area contributed by atoms with E-state index in [9.17, 15) is 13.2 Å². The third-order valence-electron chi connectivity index (χ3n) is 3.87. The third-order valence-corrected chi connectivity index (χ3v) is 4.73. The highest BCUT2D eigenvalue weighted by atomic mass is 32.2. The molecule has 30 heavy (non-hydrogen) atoms. The molecule has 154 valence electrons. The lowest BCUT2D eigenvalue weighted by Gasteiger charge is -2.09. The second kappa shape index (κ2) is 10.5. The van der Waals surface area contributed by atoms with Crippen LogP contribution in [0.1, 0.15) is 16.7 Å². The van der Waals surface area contributed by atoms with Crippen molar-refractivity contribution in [2.24, 2.45) is 15.9 Å². The quantitative estimate of drug-likeness (QED) is 0.316. The van der Waals surface area contributed by atoms with Crippen LogP contribution in [0.5, 0.6) is 5.75 Å². The van der Waals surface area contributed by atoms with Crippen molar-refractivity contribution in [2.75, 3.05) is 0 Å². The van der Waals surface area contributed by atoms with Gasteiger partial charge in [0.05, 0.1) is 6.21 Å². The van der Waals surface area contributed by atoms with Gasteiger partial charge in [-0.2, -0.15) is 5.10 Å². The zero-order chi connectivity index (χ0) is 21.3. The maximum Gasteiger partial charge on any atom is 0.180 e. The molecule has 0 aliphatic heterocycles. The molecule has 0 aromatic heterocycles. The molecule has 0 spiro atoms. The summed E-state index contributed by atoms with van der Waals surface area (Å²) in [5.41, 5.74) is 7.67. The minimum Gasteiger partial charge on any atom is -0.488 e. The van der Waals surface area contributed by atoms with E-state index in [0.717, 1.165) is 29.8 Å². The standard InChI is InChI=1S/C22H18F3N3OS/c23-18-7-6-17(12-27-28-22(26)30-14-15-4-2-1-3-5-15)21(11-18)29-13-16-8-19(24)10-20(25)9-16/h1-12H,13-14H2,(H2,26,28). The monoisotopic (exact) mass is 429 g/mol. The maximum absolute atomic E-state index is 13.6. The van der Waals surface area contributed by atoms with Gasteiger partial charge in [0.2, 0.25) is 0 Å². The van der Waals surface area contributed by atoms with E-state index < -0.39 is 17.5 Å². The smallest absolute Gasteiger partial charge is 0.180 e. The number of benzene rings is 3. The van der Waals surface area contributed by atoms with Crippen LogP contribution in [-0.2, 0) is 12.4 Å². The molecule has 0 radical (unpaired) electrons. The highest BCUT2D eigenvalue weighted by molar-refractivity contribution is 8.13. The van der Waals surface area contributed by atoms with Crippen LogP contribution in [0.3, 0.4) is 0 Å². The summed E-state index contributed by atoms with van der Waals surface area (Å²) in [5, 5.41) is 8.11. The molecule has 3 rings (SSSR count). The van der Waals surface area contributed by atoms with Crippen LogP contribution in [0, 0.1) is 17.5 Å². The van der Waals surface area contributed by atoms with E-state index >= 15 is 0 Å². The molecular weight excluding hydrogens is 411 g/mol. The maximum atomic E-state index is 13.6. The van der Waals surface area contributed by atoms with Crippen LogP contribution in [0.15, 0.2) is 76.9 Å². The number of rotatable bonds is 7. The highest BCUT2D eigenvalue weighted by Crippen LogP contribution is 2.21. The Hall–Kier alpha value is -3.26. The number of ether oxygens (including phenoxy) is 1. The average molecular weight is 429 g/mol. The molecule has 0 heterocycles. The van der Waals surface area contributed by atoms with Crippen molar-refractivity contribution in [1.29, 1.82) is 0 Å². The number of halogens is 3. The first kappa shape index (κ1) is 21.4. The van der Waals surface area contributed by atoms with E-state index in [1.54, 1.807) is 0 Å². The fourth-order valence-electron chi connectivity index (χ4n) is 2.50. The van der Waals surface area contributed by atoms with Gasteiger partial charge in [0.1, 0.15) is 29.8 Å². The molecule has 0 aliphatic rings. The predicted molar refractivity (Wildman–Crippen MR) is 114 cm³/mol. The molecule has 0 unspecified atom stereocenters. The number of nitrogens with zero attached hydrogens (tertiary/aromatic N) is 2. The molecule has 3 aromatic carbocycles. The molecule has 4 nitrogen and oxygen atoms in total. The first-order valence-corrected chi connectivity index (χ1v) is 9.89. The van der Waals surface area contributed by atoms with Crippen LogP contribution in [0.2, 0.25) is 0 Å². The topological polar surface area (TPSA) is 60.0 Å². The van der Waals surface area contributed by atoms with Gasteiger partial charge in [-0.15, -0.1) is 5.10 Å². The molecular formula is C22H18F3N3OS. The molecule has 3 aromatic rings. The van der Waals surface area contributed by atoms with Crippen molar-refractivity contribution >= 4 is 23.1 Å². The molecule has 0 saturated carbocycles. The van der Waals surface area contributed by atoms with Gasteiger partial charge in [0.15, 0.2) is 5.17 Å². The van der Waals surface area contributed by atoms with Gasteiger partial charge in [-0.25, -0.2) is 13.2 Å². The van der Waals surface area contributed by atoms with Crippen LogP contribution in [0.25, 0.3) is 0 Å². The summed E-state index contributed by atoms with van der Waals surface area (Å²) in [6.07, 6.45) is 1.37. The van der Waals surface area contributed by atoms with Crippen molar-refractivity contribution < 1.29 is 17.9 Å². The van der Waals surface area contributed by atoms with Crippen molar-refractivity contribution in [1.82, 2.24) is 0 Å². The molecule has 0 bridgehead atoms. The van der Waals surface area contributed by atoms with E-state index in [1.165, 1.54) is 30.1 Å². The molecule has 0 amide bonds. The summed E-state index contributed by atoms with van der Waals surface area (Å²) in [6.45, 7) is -0.142. The number of hydrogen-bond acceptors (Lipinski definition) is 4. The molecule has 0 fully saturated rings. The lowest BCUT2D eigenvalue weighted by atomic mass is 10.2. The summed E-state index contributed by atoms with van der Waals surface area (Å²) in [6, 6.07) is 16.7. The van der Waals surface area contributed by atoms with Crippen LogP contribution >= 0.6 is 11.8 Å². The SMILES string of the molecule is NC(=NN=Cc1ccc(F)cc1OCc1cc(F)cc(F)c1)SCc1ccccc1. The van der Waals surface area contributed by atoms with Crippen molar-refractivity contribution in [3.05, 3.63) is 101 Å².